The Kier molecular flexibility index (Phi) is 3.09. The molecule has 1 heterocycles. The second-order valence-electron chi connectivity index (χ2n) is 3.85. The normalized spacial score (nSPS) is 12.7. The molecule has 1 atom stereocenters. The molecule has 0 aliphatic rings. The minimum Gasteiger partial charge on any atom is -0.495 e. The van der Waals surface area contributed by atoms with Crippen LogP contribution in [0, 0.1) is 0 Å². The highest BCUT2D eigenvalue weighted by atomic mass is 35.5. The van der Waals surface area contributed by atoms with Gasteiger partial charge in [-0.3, -0.25) is 4.79 Å². The highest BCUT2D eigenvalue weighted by Gasteiger charge is 2.10. The fourth-order valence-corrected chi connectivity index (χ4v) is 1.95. The fraction of sp³-hybridized carbons (Fsp3) is 0.250. The minimum absolute atomic E-state index is 0.246. The molecule has 0 aliphatic carbocycles. The van der Waals surface area contributed by atoms with Crippen molar-refractivity contribution in [3.05, 3.63) is 39.1 Å². The number of pyridine rings is 1. The molecule has 0 saturated heterocycles. The van der Waals surface area contributed by atoms with Crippen LogP contribution in [0.5, 0.6) is 5.75 Å². The number of hydrogen-bond donors (Lipinski definition) is 1. The van der Waals surface area contributed by atoms with Crippen molar-refractivity contribution in [3.63, 3.8) is 0 Å². The van der Waals surface area contributed by atoms with Gasteiger partial charge in [0.15, 0.2) is 0 Å². The second kappa shape index (κ2) is 4.39. The van der Waals surface area contributed by atoms with Crippen LogP contribution >= 0.6 is 11.6 Å². The quantitative estimate of drug-likeness (QED) is 0.891. The van der Waals surface area contributed by atoms with E-state index in [4.69, 9.17) is 22.1 Å². The van der Waals surface area contributed by atoms with Crippen molar-refractivity contribution in [1.29, 1.82) is 0 Å². The van der Waals surface area contributed by atoms with Gasteiger partial charge >= 0.3 is 0 Å². The molecule has 5 heteroatoms. The summed E-state index contributed by atoms with van der Waals surface area (Å²) in [4.78, 5) is 14.4. The number of ether oxygens (including phenoxy) is 1. The van der Waals surface area contributed by atoms with E-state index in [0.29, 0.717) is 21.9 Å². The van der Waals surface area contributed by atoms with Crippen molar-refractivity contribution in [3.8, 4) is 5.75 Å². The van der Waals surface area contributed by atoms with Crippen molar-refractivity contribution < 1.29 is 4.74 Å². The molecule has 0 amide bonds. The van der Waals surface area contributed by atoms with Crippen LogP contribution in [-0.4, -0.2) is 12.1 Å². The molecule has 0 aliphatic heterocycles. The van der Waals surface area contributed by atoms with Gasteiger partial charge < -0.3 is 9.72 Å². The Morgan fingerprint density at radius 2 is 2.12 bits per heavy atom. The van der Waals surface area contributed by atoms with E-state index >= 15 is 0 Å². The first-order chi connectivity index (χ1) is 8.02. The third-order valence-electron chi connectivity index (χ3n) is 2.61. The summed E-state index contributed by atoms with van der Waals surface area (Å²) in [6.07, 6.45) is 0. The highest BCUT2D eigenvalue weighted by molar-refractivity contribution is 6.32. The molecule has 1 aromatic carbocycles. The molecule has 0 bridgehead atoms. The number of aromatic nitrogens is 1. The molecular weight excluding hydrogens is 240 g/mol. The topological polar surface area (TPSA) is 65.9 Å². The lowest BCUT2D eigenvalue weighted by molar-refractivity contribution is 0.415. The zero-order chi connectivity index (χ0) is 12.6. The zero-order valence-electron chi connectivity index (χ0n) is 9.50. The predicted molar refractivity (Wildman–Crippen MR) is 67.6 cm³/mol. The molecule has 2 aromatic rings. The smallest absolute Gasteiger partial charge is 0.253 e. The van der Waals surface area contributed by atoms with Crippen molar-refractivity contribution in [2.45, 2.75) is 13.0 Å². The number of hydrogen-bond acceptors (Lipinski definition) is 2. The van der Waals surface area contributed by atoms with Crippen molar-refractivity contribution >= 4 is 22.5 Å². The number of methoxy groups -OCH3 is 1. The lowest BCUT2D eigenvalue weighted by atomic mass is 10.1. The van der Waals surface area contributed by atoms with E-state index < -0.39 is 6.04 Å². The molecule has 0 unspecified atom stereocenters. The van der Waals surface area contributed by atoms with E-state index in [2.05, 4.69) is 4.98 Å². The maximum atomic E-state index is 11.7. The number of aromatic amines is 1. The molecule has 0 spiro atoms. The van der Waals surface area contributed by atoms with Gasteiger partial charge in [-0.1, -0.05) is 11.6 Å². The van der Waals surface area contributed by atoms with Gasteiger partial charge in [-0.05, 0) is 19.1 Å². The summed E-state index contributed by atoms with van der Waals surface area (Å²) < 4.78 is 5.08. The third kappa shape index (κ3) is 2.14. The summed E-state index contributed by atoms with van der Waals surface area (Å²) in [5.74, 6) is 0.515. The molecule has 4 nitrogen and oxygen atoms in total. The maximum absolute atomic E-state index is 11.7. The van der Waals surface area contributed by atoms with Gasteiger partial charge in [0, 0.05) is 23.1 Å². The van der Waals surface area contributed by atoms with Crippen LogP contribution < -0.4 is 16.0 Å². The van der Waals surface area contributed by atoms with Crippen LogP contribution in [0.2, 0.25) is 5.02 Å². The van der Waals surface area contributed by atoms with E-state index in [1.54, 1.807) is 25.1 Å². The molecule has 0 fully saturated rings. The monoisotopic (exact) mass is 251 g/mol. The summed E-state index contributed by atoms with van der Waals surface area (Å²) in [7, 11) is 1.52. The fourth-order valence-electron chi connectivity index (χ4n) is 1.70. The van der Waals surface area contributed by atoms with Gasteiger partial charge in [0.05, 0.1) is 17.6 Å². The molecule has 1 radical (unpaired) electrons. The Labute approximate surface area is 103 Å². The lowest BCUT2D eigenvalue weighted by Gasteiger charge is -2.08. The van der Waals surface area contributed by atoms with E-state index in [1.165, 1.54) is 7.11 Å². The first kappa shape index (κ1) is 12.0. The summed E-state index contributed by atoms with van der Waals surface area (Å²) in [5.41, 5.74) is 8.43. The number of nitrogens with one attached hydrogen (secondary N) is 2. The summed E-state index contributed by atoms with van der Waals surface area (Å²) in [5, 5.41) is 1.28. The Morgan fingerprint density at radius 1 is 1.41 bits per heavy atom. The van der Waals surface area contributed by atoms with Gasteiger partial charge in [0.25, 0.3) is 5.56 Å². The standard InChI is InChI=1S/C12H12ClN2O2/c1-6(14)8-3-7-4-9(13)11(17-2)5-10(7)15-12(8)16/h3-6,14H,1-2H3,(H,15,16)/t6-/m0/s1. The molecule has 1 aromatic heterocycles. The van der Waals surface area contributed by atoms with Crippen LogP contribution in [0.1, 0.15) is 18.5 Å². The highest BCUT2D eigenvalue weighted by Crippen LogP contribution is 2.29. The summed E-state index contributed by atoms with van der Waals surface area (Å²) >= 11 is 6.01. The van der Waals surface area contributed by atoms with Crippen molar-refractivity contribution in [2.24, 2.45) is 0 Å². The van der Waals surface area contributed by atoms with Crippen LogP contribution in [0.25, 0.3) is 10.9 Å². The van der Waals surface area contributed by atoms with Gasteiger partial charge in [-0.2, -0.15) is 0 Å². The molecule has 2 rings (SSSR count). The first-order valence-corrected chi connectivity index (χ1v) is 5.52. The molecule has 0 saturated carbocycles. The molecular formula is C12H12ClN2O2. The number of benzene rings is 1. The van der Waals surface area contributed by atoms with Crippen molar-refractivity contribution in [2.75, 3.05) is 7.11 Å². The van der Waals surface area contributed by atoms with Crippen LogP contribution in [-0.2, 0) is 0 Å². The molecule has 17 heavy (non-hydrogen) atoms. The third-order valence-corrected chi connectivity index (χ3v) is 2.91. The number of halogens is 1. The first-order valence-electron chi connectivity index (χ1n) is 5.14. The van der Waals surface area contributed by atoms with E-state index in [-0.39, 0.29) is 5.56 Å². The Hall–Kier alpha value is -1.52. The van der Waals surface area contributed by atoms with E-state index in [1.807, 2.05) is 0 Å². The predicted octanol–water partition coefficient (Wildman–Crippen LogP) is 2.53. The van der Waals surface area contributed by atoms with Gasteiger partial charge in [-0.25, -0.2) is 5.73 Å². The summed E-state index contributed by atoms with van der Waals surface area (Å²) in [6, 6.07) is 4.52. The van der Waals surface area contributed by atoms with Crippen LogP contribution in [0.3, 0.4) is 0 Å². The Morgan fingerprint density at radius 3 is 2.71 bits per heavy atom. The largest absolute Gasteiger partial charge is 0.495 e. The van der Waals surface area contributed by atoms with Crippen LogP contribution in [0.15, 0.2) is 23.0 Å². The molecule has 2 N–H and O–H groups in total. The molecule has 89 valence electrons. The zero-order valence-corrected chi connectivity index (χ0v) is 10.3. The van der Waals surface area contributed by atoms with Gasteiger partial charge in [0.1, 0.15) is 5.75 Å². The Balaban J connectivity index is 2.75. The van der Waals surface area contributed by atoms with E-state index in [9.17, 15) is 4.79 Å². The number of rotatable bonds is 2. The lowest BCUT2D eigenvalue weighted by Crippen LogP contribution is -2.15. The number of fused-ring (bicyclic) bond motifs is 1. The average Bonchev–Trinajstić information content (AvgIpc) is 2.27. The van der Waals surface area contributed by atoms with Gasteiger partial charge in [-0.15, -0.1) is 0 Å². The van der Waals surface area contributed by atoms with E-state index in [0.717, 1.165) is 5.39 Å². The minimum atomic E-state index is -0.566. The van der Waals surface area contributed by atoms with Crippen LogP contribution in [0.4, 0.5) is 0 Å². The average molecular weight is 252 g/mol. The van der Waals surface area contributed by atoms with Crippen molar-refractivity contribution in [1.82, 2.24) is 10.7 Å². The van der Waals surface area contributed by atoms with Gasteiger partial charge in [0.2, 0.25) is 0 Å². The number of H-pyrrole nitrogens is 1. The Bertz CT molecular complexity index is 620. The SMILES string of the molecule is COc1cc2[nH]c(=O)c([C@H](C)[NH])cc2cc1Cl. The summed E-state index contributed by atoms with van der Waals surface area (Å²) in [6.45, 7) is 1.65. The second-order valence-corrected chi connectivity index (χ2v) is 4.26. The maximum Gasteiger partial charge on any atom is 0.253 e.